The van der Waals surface area contributed by atoms with E-state index in [0.29, 0.717) is 11.3 Å². The standard InChI is InChI=1S/C12H18N4O2/c1-7-5-9(13)6-8(2)11(7)12(18)10(17)3-4-15-16-14/h5-6,10,12,17-18H,3-4,13H2,1-2H3. The SMILES string of the molecule is Cc1cc(N)cc(C)c1C(O)C(O)CCN=[N+]=[N-]. The molecule has 6 heteroatoms. The highest BCUT2D eigenvalue weighted by atomic mass is 16.3. The van der Waals surface area contributed by atoms with Gasteiger partial charge in [0.15, 0.2) is 0 Å². The lowest BCUT2D eigenvalue weighted by Gasteiger charge is -2.21. The number of rotatable bonds is 5. The maximum atomic E-state index is 10.1. The number of hydrogen-bond donors (Lipinski definition) is 3. The van der Waals surface area contributed by atoms with E-state index in [0.717, 1.165) is 11.1 Å². The van der Waals surface area contributed by atoms with Gasteiger partial charge in [-0.05, 0) is 54.6 Å². The van der Waals surface area contributed by atoms with Gasteiger partial charge in [0.05, 0.1) is 6.10 Å². The molecular formula is C12H18N4O2. The number of aliphatic hydroxyl groups excluding tert-OH is 2. The molecule has 0 aromatic heterocycles. The predicted octanol–water partition coefficient (Wildman–Crippen LogP) is 1.98. The first-order chi connectivity index (χ1) is 8.47. The molecule has 2 atom stereocenters. The topological polar surface area (TPSA) is 115 Å². The number of hydrogen-bond acceptors (Lipinski definition) is 4. The third kappa shape index (κ3) is 3.37. The molecule has 6 nitrogen and oxygen atoms in total. The highest BCUT2D eigenvalue weighted by molar-refractivity contribution is 5.49. The van der Waals surface area contributed by atoms with E-state index < -0.39 is 12.2 Å². The average molecular weight is 250 g/mol. The Morgan fingerprint density at radius 2 is 1.89 bits per heavy atom. The van der Waals surface area contributed by atoms with E-state index in [1.807, 2.05) is 13.8 Å². The van der Waals surface area contributed by atoms with Crippen LogP contribution >= 0.6 is 0 Å². The highest BCUT2D eigenvalue weighted by Crippen LogP contribution is 2.27. The summed E-state index contributed by atoms with van der Waals surface area (Å²) >= 11 is 0. The van der Waals surface area contributed by atoms with Gasteiger partial charge in [-0.1, -0.05) is 5.11 Å². The van der Waals surface area contributed by atoms with Gasteiger partial charge in [-0.15, -0.1) is 0 Å². The fraction of sp³-hybridized carbons (Fsp3) is 0.500. The summed E-state index contributed by atoms with van der Waals surface area (Å²) < 4.78 is 0. The summed E-state index contributed by atoms with van der Waals surface area (Å²) in [7, 11) is 0. The van der Waals surface area contributed by atoms with Gasteiger partial charge < -0.3 is 15.9 Å². The fourth-order valence-electron chi connectivity index (χ4n) is 2.06. The molecule has 18 heavy (non-hydrogen) atoms. The van der Waals surface area contributed by atoms with Crippen LogP contribution in [0, 0.1) is 13.8 Å². The van der Waals surface area contributed by atoms with Gasteiger partial charge in [-0.25, -0.2) is 0 Å². The fourth-order valence-corrected chi connectivity index (χ4v) is 2.06. The summed E-state index contributed by atoms with van der Waals surface area (Å²) in [6.45, 7) is 3.83. The van der Waals surface area contributed by atoms with Crippen LogP contribution in [0.25, 0.3) is 10.4 Å². The van der Waals surface area contributed by atoms with E-state index in [4.69, 9.17) is 11.3 Å². The Hall–Kier alpha value is -1.75. The summed E-state index contributed by atoms with van der Waals surface area (Å²) in [5.74, 6) is 0. The van der Waals surface area contributed by atoms with Gasteiger partial charge in [-0.2, -0.15) is 0 Å². The van der Waals surface area contributed by atoms with E-state index in [1.165, 1.54) is 0 Å². The Kier molecular flexibility index (Phi) is 4.97. The smallest absolute Gasteiger partial charge is 0.105 e. The highest BCUT2D eigenvalue weighted by Gasteiger charge is 2.21. The Balaban J connectivity index is 2.89. The van der Waals surface area contributed by atoms with Gasteiger partial charge >= 0.3 is 0 Å². The maximum Gasteiger partial charge on any atom is 0.105 e. The van der Waals surface area contributed by atoms with Gasteiger partial charge in [0.1, 0.15) is 6.10 Å². The van der Waals surface area contributed by atoms with Crippen LogP contribution in [0.3, 0.4) is 0 Å². The summed E-state index contributed by atoms with van der Waals surface area (Å²) in [4.78, 5) is 2.60. The Labute approximate surface area is 106 Å². The number of nitrogen functional groups attached to an aromatic ring is 1. The van der Waals surface area contributed by atoms with E-state index in [9.17, 15) is 10.2 Å². The molecule has 98 valence electrons. The third-order valence-electron chi connectivity index (χ3n) is 2.86. The molecule has 0 radical (unpaired) electrons. The molecule has 0 bridgehead atoms. The first-order valence-electron chi connectivity index (χ1n) is 5.71. The molecule has 0 spiro atoms. The van der Waals surface area contributed by atoms with Gasteiger partial charge in [0.2, 0.25) is 0 Å². The Morgan fingerprint density at radius 1 is 1.33 bits per heavy atom. The predicted molar refractivity (Wildman–Crippen MR) is 69.9 cm³/mol. The molecule has 1 rings (SSSR count). The normalized spacial score (nSPS) is 13.8. The van der Waals surface area contributed by atoms with E-state index in [1.54, 1.807) is 12.1 Å². The molecule has 0 aliphatic rings. The van der Waals surface area contributed by atoms with Crippen LogP contribution in [0.15, 0.2) is 17.2 Å². The lowest BCUT2D eigenvalue weighted by molar-refractivity contribution is 0.0143. The van der Waals surface area contributed by atoms with Crippen molar-refractivity contribution in [2.75, 3.05) is 12.3 Å². The second-order valence-corrected chi connectivity index (χ2v) is 4.32. The minimum Gasteiger partial charge on any atom is -0.399 e. The summed E-state index contributed by atoms with van der Waals surface area (Å²) in [5, 5.41) is 23.3. The van der Waals surface area contributed by atoms with Crippen molar-refractivity contribution in [2.24, 2.45) is 5.11 Å². The Bertz CT molecular complexity index is 446. The van der Waals surface area contributed by atoms with Crippen LogP contribution < -0.4 is 5.73 Å². The summed E-state index contributed by atoms with van der Waals surface area (Å²) in [6.07, 6.45) is -1.75. The van der Waals surface area contributed by atoms with Crippen molar-refractivity contribution < 1.29 is 10.2 Å². The second kappa shape index (κ2) is 6.26. The van der Waals surface area contributed by atoms with Crippen LogP contribution in [-0.2, 0) is 0 Å². The van der Waals surface area contributed by atoms with E-state index in [2.05, 4.69) is 10.0 Å². The second-order valence-electron chi connectivity index (χ2n) is 4.32. The minimum atomic E-state index is -1.00. The maximum absolute atomic E-state index is 10.1. The molecule has 1 aromatic carbocycles. The van der Waals surface area contributed by atoms with Crippen molar-refractivity contribution in [1.29, 1.82) is 0 Å². The van der Waals surface area contributed by atoms with Crippen molar-refractivity contribution in [3.63, 3.8) is 0 Å². The zero-order chi connectivity index (χ0) is 13.7. The van der Waals surface area contributed by atoms with E-state index >= 15 is 0 Å². The van der Waals surface area contributed by atoms with Crippen molar-refractivity contribution in [2.45, 2.75) is 32.5 Å². The molecule has 0 aliphatic heterocycles. The van der Waals surface area contributed by atoms with Crippen LogP contribution in [-0.4, -0.2) is 22.9 Å². The van der Waals surface area contributed by atoms with Crippen LogP contribution in [0.5, 0.6) is 0 Å². The molecule has 0 amide bonds. The van der Waals surface area contributed by atoms with Crippen LogP contribution in [0.4, 0.5) is 5.69 Å². The van der Waals surface area contributed by atoms with Gasteiger partial charge in [-0.3, -0.25) is 0 Å². The number of aliphatic hydroxyl groups is 2. The molecule has 2 unspecified atom stereocenters. The van der Waals surface area contributed by atoms with Crippen LogP contribution in [0.1, 0.15) is 29.2 Å². The average Bonchev–Trinajstić information content (AvgIpc) is 2.27. The molecule has 0 heterocycles. The monoisotopic (exact) mass is 250 g/mol. The molecule has 0 aliphatic carbocycles. The first-order valence-corrected chi connectivity index (χ1v) is 5.71. The third-order valence-corrected chi connectivity index (χ3v) is 2.86. The largest absolute Gasteiger partial charge is 0.399 e. The lowest BCUT2D eigenvalue weighted by atomic mass is 9.93. The number of nitrogens with zero attached hydrogens (tertiary/aromatic N) is 3. The first kappa shape index (κ1) is 14.3. The van der Waals surface area contributed by atoms with E-state index in [-0.39, 0.29) is 13.0 Å². The zero-order valence-electron chi connectivity index (χ0n) is 10.5. The van der Waals surface area contributed by atoms with Gasteiger partial charge in [0.25, 0.3) is 0 Å². The van der Waals surface area contributed by atoms with Crippen LogP contribution in [0.2, 0.25) is 0 Å². The molecule has 0 saturated heterocycles. The molecule has 0 fully saturated rings. The number of azide groups is 1. The quantitative estimate of drug-likeness (QED) is 0.321. The van der Waals surface area contributed by atoms with Crippen molar-refractivity contribution in [1.82, 2.24) is 0 Å². The molecule has 4 N–H and O–H groups in total. The minimum absolute atomic E-state index is 0.155. The van der Waals surface area contributed by atoms with Gasteiger partial charge in [0, 0.05) is 17.1 Å². The molecular weight excluding hydrogens is 232 g/mol. The van der Waals surface area contributed by atoms with Crippen molar-refractivity contribution in [3.05, 3.63) is 39.3 Å². The molecule has 0 saturated carbocycles. The number of nitrogens with two attached hydrogens (primary N) is 1. The van der Waals surface area contributed by atoms with Crippen molar-refractivity contribution >= 4 is 5.69 Å². The number of anilines is 1. The Morgan fingerprint density at radius 3 is 2.39 bits per heavy atom. The number of benzene rings is 1. The lowest BCUT2D eigenvalue weighted by Crippen LogP contribution is -2.21. The van der Waals surface area contributed by atoms with Crippen molar-refractivity contribution in [3.8, 4) is 0 Å². The summed E-state index contributed by atoms with van der Waals surface area (Å²) in [5.41, 5.74) is 16.8. The summed E-state index contributed by atoms with van der Waals surface area (Å²) in [6, 6.07) is 3.51. The molecule has 1 aromatic rings. The zero-order valence-corrected chi connectivity index (χ0v) is 10.5. The number of aryl methyl sites for hydroxylation is 2.